The molecule has 0 atom stereocenters. The monoisotopic (exact) mass is 278 g/mol. The molecule has 1 amide bonds. The number of carboxylic acids is 1. The van der Waals surface area contributed by atoms with Gasteiger partial charge >= 0.3 is 5.97 Å². The van der Waals surface area contributed by atoms with E-state index in [9.17, 15) is 14.7 Å². The van der Waals surface area contributed by atoms with E-state index in [0.717, 1.165) is 15.6 Å². The molecule has 0 saturated carbocycles. The Bertz CT molecular complexity index is 636. The highest BCUT2D eigenvalue weighted by atomic mass is 32.1. The average molecular weight is 278 g/mol. The van der Waals surface area contributed by atoms with Crippen molar-refractivity contribution in [3.63, 3.8) is 0 Å². The van der Waals surface area contributed by atoms with E-state index >= 15 is 0 Å². The zero-order valence-corrected chi connectivity index (χ0v) is 11.2. The Hall–Kier alpha value is -1.92. The number of likely N-dealkylation sites (N-methyl/N-ethyl adjacent to an activating group) is 1. The van der Waals surface area contributed by atoms with E-state index in [2.05, 4.69) is 0 Å². The van der Waals surface area contributed by atoms with Crippen molar-refractivity contribution < 1.29 is 14.7 Å². The summed E-state index contributed by atoms with van der Waals surface area (Å²) < 4.78 is 0.933. The fraction of sp³-hybridized carbons (Fsp3) is 0.231. The van der Waals surface area contributed by atoms with E-state index in [1.807, 2.05) is 24.3 Å². The largest absolute Gasteiger partial charge is 0.477 e. The molecule has 1 heterocycles. The van der Waals surface area contributed by atoms with Crippen molar-refractivity contribution in [2.24, 2.45) is 5.73 Å². The molecule has 100 valence electrons. The Morgan fingerprint density at radius 3 is 2.68 bits per heavy atom. The van der Waals surface area contributed by atoms with Gasteiger partial charge in [-0.25, -0.2) is 4.79 Å². The van der Waals surface area contributed by atoms with E-state index in [0.29, 0.717) is 11.4 Å². The molecule has 6 heteroatoms. The Kier molecular flexibility index (Phi) is 3.82. The number of rotatable bonds is 5. The van der Waals surface area contributed by atoms with Gasteiger partial charge in [0.05, 0.1) is 6.54 Å². The molecule has 3 N–H and O–H groups in total. The maximum absolute atomic E-state index is 11.3. The summed E-state index contributed by atoms with van der Waals surface area (Å²) in [7, 11) is 1.74. The second kappa shape index (κ2) is 5.38. The molecule has 0 saturated heterocycles. The number of primary amides is 1. The molecule has 0 radical (unpaired) electrons. The van der Waals surface area contributed by atoms with E-state index < -0.39 is 11.9 Å². The number of carbonyl (C=O) groups excluding carboxylic acids is 1. The van der Waals surface area contributed by atoms with Crippen LogP contribution in [0.25, 0.3) is 10.1 Å². The second-order valence-electron chi connectivity index (χ2n) is 4.35. The predicted molar refractivity (Wildman–Crippen MR) is 74.3 cm³/mol. The average Bonchev–Trinajstić information content (AvgIpc) is 2.67. The van der Waals surface area contributed by atoms with Crippen molar-refractivity contribution in [2.45, 2.75) is 6.54 Å². The van der Waals surface area contributed by atoms with Crippen molar-refractivity contribution in [1.82, 2.24) is 4.90 Å². The molecule has 2 aromatic rings. The van der Waals surface area contributed by atoms with Crippen LogP contribution in [0.15, 0.2) is 24.3 Å². The zero-order chi connectivity index (χ0) is 14.0. The van der Waals surface area contributed by atoms with Crippen molar-refractivity contribution >= 4 is 33.3 Å². The number of thiophene rings is 1. The first-order valence-electron chi connectivity index (χ1n) is 5.69. The lowest BCUT2D eigenvalue weighted by atomic mass is 10.1. The quantitative estimate of drug-likeness (QED) is 0.868. The molecule has 0 bridgehead atoms. The lowest BCUT2D eigenvalue weighted by Gasteiger charge is -2.14. The Morgan fingerprint density at radius 1 is 1.37 bits per heavy atom. The van der Waals surface area contributed by atoms with Crippen LogP contribution in [0.2, 0.25) is 0 Å². The first-order valence-corrected chi connectivity index (χ1v) is 6.51. The summed E-state index contributed by atoms with van der Waals surface area (Å²) in [5, 5.41) is 10.2. The van der Waals surface area contributed by atoms with Gasteiger partial charge < -0.3 is 10.8 Å². The summed E-state index contributed by atoms with van der Waals surface area (Å²) in [6.07, 6.45) is 0. The number of benzene rings is 1. The van der Waals surface area contributed by atoms with E-state index in [1.165, 1.54) is 11.3 Å². The first-order chi connectivity index (χ1) is 8.99. The van der Waals surface area contributed by atoms with Crippen LogP contribution in [0.1, 0.15) is 15.2 Å². The number of fused-ring (bicyclic) bond motifs is 1. The SMILES string of the molecule is CN(CC(N)=O)Cc1c(C(=O)O)sc2ccccc12. The number of carbonyl (C=O) groups is 2. The smallest absolute Gasteiger partial charge is 0.346 e. The summed E-state index contributed by atoms with van der Waals surface area (Å²) >= 11 is 1.25. The van der Waals surface area contributed by atoms with Gasteiger partial charge in [-0.3, -0.25) is 9.69 Å². The molecule has 0 aliphatic carbocycles. The van der Waals surface area contributed by atoms with Gasteiger partial charge in [0.2, 0.25) is 5.91 Å². The molecule has 1 aromatic heterocycles. The van der Waals surface area contributed by atoms with Gasteiger partial charge in [0.15, 0.2) is 0 Å². The topological polar surface area (TPSA) is 83.6 Å². The molecule has 0 aliphatic rings. The summed E-state index contributed by atoms with van der Waals surface area (Å²) in [6, 6.07) is 7.54. The van der Waals surface area contributed by atoms with Crippen LogP contribution in [-0.4, -0.2) is 35.5 Å². The van der Waals surface area contributed by atoms with Crippen LogP contribution in [0.3, 0.4) is 0 Å². The molecule has 5 nitrogen and oxygen atoms in total. The molecular formula is C13H14N2O3S. The summed E-state index contributed by atoms with van der Waals surface area (Å²) in [6.45, 7) is 0.484. The predicted octanol–water partition coefficient (Wildman–Crippen LogP) is 1.52. The first kappa shape index (κ1) is 13.5. The van der Waals surface area contributed by atoms with Crippen molar-refractivity contribution in [3.8, 4) is 0 Å². The second-order valence-corrected chi connectivity index (χ2v) is 5.40. The zero-order valence-electron chi connectivity index (χ0n) is 10.4. The normalized spacial score (nSPS) is 11.1. The van der Waals surface area contributed by atoms with Crippen LogP contribution in [0, 0.1) is 0 Å². The number of amides is 1. The van der Waals surface area contributed by atoms with E-state index in [4.69, 9.17) is 5.73 Å². The summed E-state index contributed by atoms with van der Waals surface area (Å²) in [5.74, 6) is -1.37. The Labute approximate surface area is 114 Å². The lowest BCUT2D eigenvalue weighted by molar-refractivity contribution is -0.118. The molecular weight excluding hydrogens is 264 g/mol. The third kappa shape index (κ3) is 2.91. The fourth-order valence-electron chi connectivity index (χ4n) is 2.02. The summed E-state index contributed by atoms with van der Waals surface area (Å²) in [5.41, 5.74) is 5.87. The van der Waals surface area contributed by atoms with Crippen LogP contribution < -0.4 is 5.73 Å². The number of carboxylic acid groups (broad SMARTS) is 1. The number of nitrogens with zero attached hydrogens (tertiary/aromatic N) is 1. The molecule has 0 aliphatic heterocycles. The van der Waals surface area contributed by atoms with E-state index in [-0.39, 0.29) is 6.54 Å². The number of hydrogen-bond donors (Lipinski definition) is 2. The van der Waals surface area contributed by atoms with Crippen molar-refractivity contribution in [3.05, 3.63) is 34.7 Å². The molecule has 0 fully saturated rings. The van der Waals surface area contributed by atoms with Gasteiger partial charge in [0, 0.05) is 11.2 Å². The Balaban J connectivity index is 2.42. The van der Waals surface area contributed by atoms with Crippen molar-refractivity contribution in [2.75, 3.05) is 13.6 Å². The third-order valence-electron chi connectivity index (χ3n) is 2.75. The van der Waals surface area contributed by atoms with Gasteiger partial charge in [-0.05, 0) is 24.1 Å². The molecule has 2 rings (SSSR count). The van der Waals surface area contributed by atoms with Crippen LogP contribution in [-0.2, 0) is 11.3 Å². The minimum atomic E-state index is -0.941. The standard InChI is InChI=1S/C13H14N2O3S/c1-15(7-11(14)16)6-9-8-4-2-3-5-10(8)19-12(9)13(17)18/h2-5H,6-7H2,1H3,(H2,14,16)(H,17,18). The molecule has 0 unspecified atom stereocenters. The van der Waals surface area contributed by atoms with Crippen LogP contribution in [0.4, 0.5) is 0 Å². The lowest BCUT2D eigenvalue weighted by Crippen LogP contribution is -2.30. The highest BCUT2D eigenvalue weighted by Crippen LogP contribution is 2.32. The minimum Gasteiger partial charge on any atom is -0.477 e. The highest BCUT2D eigenvalue weighted by molar-refractivity contribution is 7.21. The van der Waals surface area contributed by atoms with Gasteiger partial charge in [-0.2, -0.15) is 0 Å². The van der Waals surface area contributed by atoms with Gasteiger partial charge in [0.1, 0.15) is 4.88 Å². The van der Waals surface area contributed by atoms with Crippen LogP contribution >= 0.6 is 11.3 Å². The maximum atomic E-state index is 11.3. The number of nitrogens with two attached hydrogens (primary N) is 1. The van der Waals surface area contributed by atoms with Crippen molar-refractivity contribution in [1.29, 1.82) is 0 Å². The van der Waals surface area contributed by atoms with Gasteiger partial charge in [0.25, 0.3) is 0 Å². The highest BCUT2D eigenvalue weighted by Gasteiger charge is 2.18. The van der Waals surface area contributed by atoms with Gasteiger partial charge in [-0.15, -0.1) is 11.3 Å². The fourth-order valence-corrected chi connectivity index (χ4v) is 3.07. The molecule has 0 spiro atoms. The number of aromatic carboxylic acids is 1. The van der Waals surface area contributed by atoms with Crippen LogP contribution in [0.5, 0.6) is 0 Å². The minimum absolute atomic E-state index is 0.100. The molecule has 1 aromatic carbocycles. The third-order valence-corrected chi connectivity index (χ3v) is 3.95. The summed E-state index contributed by atoms with van der Waals surface area (Å²) in [4.78, 5) is 24.2. The Morgan fingerprint density at radius 2 is 2.05 bits per heavy atom. The maximum Gasteiger partial charge on any atom is 0.346 e. The van der Waals surface area contributed by atoms with E-state index in [1.54, 1.807) is 11.9 Å². The van der Waals surface area contributed by atoms with Gasteiger partial charge in [-0.1, -0.05) is 18.2 Å². The number of hydrogen-bond acceptors (Lipinski definition) is 4. The molecule has 19 heavy (non-hydrogen) atoms.